The molecule has 1 aromatic rings. The monoisotopic (exact) mass is 308 g/mol. The lowest BCUT2D eigenvalue weighted by Crippen LogP contribution is -2.31. The Morgan fingerprint density at radius 3 is 2.81 bits per heavy atom. The lowest BCUT2D eigenvalue weighted by molar-refractivity contribution is -0.120. The summed E-state index contributed by atoms with van der Waals surface area (Å²) in [4.78, 5) is 13.2. The van der Waals surface area contributed by atoms with Gasteiger partial charge in [-0.3, -0.25) is 4.79 Å². The van der Waals surface area contributed by atoms with Crippen LogP contribution in [0.25, 0.3) is 0 Å². The highest BCUT2D eigenvalue weighted by Gasteiger charge is 2.13. The van der Waals surface area contributed by atoms with Crippen molar-refractivity contribution in [2.45, 2.75) is 56.7 Å². The van der Waals surface area contributed by atoms with Crippen LogP contribution in [-0.4, -0.2) is 24.2 Å². The van der Waals surface area contributed by atoms with Gasteiger partial charge in [0.2, 0.25) is 5.91 Å². The number of hydrogen-bond donors (Lipinski definition) is 2. The quantitative estimate of drug-likeness (QED) is 0.513. The SMILES string of the molecule is CCCCCNC(=O)C(C)Sc1cccc(CNCC)c1. The third kappa shape index (κ3) is 7.53. The molecule has 0 spiro atoms. The lowest BCUT2D eigenvalue weighted by Gasteiger charge is -2.12. The molecule has 0 fully saturated rings. The maximum atomic E-state index is 12.0. The normalized spacial score (nSPS) is 12.1. The molecule has 0 radical (unpaired) electrons. The molecule has 0 aliphatic rings. The minimum absolute atomic E-state index is 0.0546. The van der Waals surface area contributed by atoms with Gasteiger partial charge in [0.25, 0.3) is 0 Å². The number of thioether (sulfide) groups is 1. The summed E-state index contributed by atoms with van der Waals surface area (Å²) in [5.41, 5.74) is 1.26. The van der Waals surface area contributed by atoms with Gasteiger partial charge in [0.15, 0.2) is 0 Å². The summed E-state index contributed by atoms with van der Waals surface area (Å²) in [6.45, 7) is 8.87. The van der Waals surface area contributed by atoms with Crippen LogP contribution in [0.15, 0.2) is 29.2 Å². The van der Waals surface area contributed by atoms with E-state index in [1.54, 1.807) is 11.8 Å². The summed E-state index contributed by atoms with van der Waals surface area (Å²) in [6.07, 6.45) is 3.42. The van der Waals surface area contributed by atoms with E-state index >= 15 is 0 Å². The molecule has 0 aliphatic heterocycles. The van der Waals surface area contributed by atoms with Crippen LogP contribution in [0, 0.1) is 0 Å². The number of unbranched alkanes of at least 4 members (excludes halogenated alkanes) is 2. The number of carbonyl (C=O) groups is 1. The largest absolute Gasteiger partial charge is 0.355 e. The highest BCUT2D eigenvalue weighted by molar-refractivity contribution is 8.00. The highest BCUT2D eigenvalue weighted by atomic mass is 32.2. The molecule has 1 atom stereocenters. The van der Waals surface area contributed by atoms with Crippen molar-refractivity contribution in [1.29, 1.82) is 0 Å². The van der Waals surface area contributed by atoms with Crippen molar-refractivity contribution >= 4 is 17.7 Å². The van der Waals surface area contributed by atoms with Crippen LogP contribution < -0.4 is 10.6 Å². The van der Waals surface area contributed by atoms with Crippen molar-refractivity contribution < 1.29 is 4.79 Å². The molecule has 0 aromatic heterocycles. The molecule has 21 heavy (non-hydrogen) atoms. The topological polar surface area (TPSA) is 41.1 Å². The number of amides is 1. The molecule has 1 amide bonds. The summed E-state index contributed by atoms with van der Waals surface area (Å²) >= 11 is 1.62. The van der Waals surface area contributed by atoms with E-state index in [9.17, 15) is 4.79 Å². The maximum Gasteiger partial charge on any atom is 0.233 e. The van der Waals surface area contributed by atoms with Crippen LogP contribution in [0.2, 0.25) is 0 Å². The van der Waals surface area contributed by atoms with Gasteiger partial charge in [-0.25, -0.2) is 0 Å². The van der Waals surface area contributed by atoms with Gasteiger partial charge in [-0.05, 0) is 37.6 Å². The van der Waals surface area contributed by atoms with E-state index < -0.39 is 0 Å². The van der Waals surface area contributed by atoms with Crippen LogP contribution in [0.4, 0.5) is 0 Å². The lowest BCUT2D eigenvalue weighted by atomic mass is 10.2. The molecule has 0 bridgehead atoms. The van der Waals surface area contributed by atoms with Gasteiger partial charge in [0, 0.05) is 18.0 Å². The second kappa shape index (κ2) is 10.7. The molecule has 118 valence electrons. The predicted molar refractivity (Wildman–Crippen MR) is 91.7 cm³/mol. The number of carbonyl (C=O) groups excluding carboxylic acids is 1. The van der Waals surface area contributed by atoms with E-state index in [-0.39, 0.29) is 11.2 Å². The first-order valence-electron chi connectivity index (χ1n) is 7.91. The Hall–Kier alpha value is -1.00. The standard InChI is InChI=1S/C17H28N2OS/c1-4-6-7-11-19-17(20)14(3)21-16-10-8-9-15(12-16)13-18-5-2/h8-10,12,14,18H,4-7,11,13H2,1-3H3,(H,19,20). The van der Waals surface area contributed by atoms with Gasteiger partial charge in [0.1, 0.15) is 0 Å². The summed E-state index contributed by atoms with van der Waals surface area (Å²) in [5.74, 6) is 0.133. The number of rotatable bonds is 10. The van der Waals surface area contributed by atoms with Gasteiger partial charge in [0.05, 0.1) is 5.25 Å². The van der Waals surface area contributed by atoms with E-state index in [0.29, 0.717) is 0 Å². The van der Waals surface area contributed by atoms with Gasteiger partial charge >= 0.3 is 0 Å². The Bertz CT molecular complexity index is 423. The van der Waals surface area contributed by atoms with E-state index in [4.69, 9.17) is 0 Å². The molecule has 2 N–H and O–H groups in total. The average Bonchev–Trinajstić information content (AvgIpc) is 2.49. The van der Waals surface area contributed by atoms with E-state index in [0.717, 1.165) is 31.0 Å². The predicted octanol–water partition coefficient (Wildman–Crippen LogP) is 3.58. The van der Waals surface area contributed by atoms with Gasteiger partial charge < -0.3 is 10.6 Å². The molecule has 0 saturated heterocycles. The first kappa shape index (κ1) is 18.1. The Balaban J connectivity index is 2.42. The van der Waals surface area contributed by atoms with Crippen LogP contribution in [0.5, 0.6) is 0 Å². The van der Waals surface area contributed by atoms with Crippen molar-refractivity contribution in [3.63, 3.8) is 0 Å². The van der Waals surface area contributed by atoms with Crippen LogP contribution in [-0.2, 0) is 11.3 Å². The Labute approximate surface area is 133 Å². The summed E-state index contributed by atoms with van der Waals surface area (Å²) < 4.78 is 0. The number of hydrogen-bond acceptors (Lipinski definition) is 3. The zero-order valence-corrected chi connectivity index (χ0v) is 14.3. The molecule has 1 unspecified atom stereocenters. The minimum Gasteiger partial charge on any atom is -0.355 e. The molecular formula is C17H28N2OS. The van der Waals surface area contributed by atoms with Crippen LogP contribution >= 0.6 is 11.8 Å². The average molecular weight is 308 g/mol. The molecular weight excluding hydrogens is 280 g/mol. The zero-order chi connectivity index (χ0) is 15.5. The van der Waals surface area contributed by atoms with Crippen molar-refractivity contribution in [1.82, 2.24) is 10.6 Å². The van der Waals surface area contributed by atoms with Crippen molar-refractivity contribution in [3.8, 4) is 0 Å². The Kier molecular flexibility index (Phi) is 9.19. The minimum atomic E-state index is -0.0546. The highest BCUT2D eigenvalue weighted by Crippen LogP contribution is 2.24. The fraction of sp³-hybridized carbons (Fsp3) is 0.588. The molecule has 1 aromatic carbocycles. The van der Waals surface area contributed by atoms with E-state index in [1.807, 2.05) is 6.92 Å². The van der Waals surface area contributed by atoms with Crippen molar-refractivity contribution in [2.24, 2.45) is 0 Å². The smallest absolute Gasteiger partial charge is 0.233 e. The van der Waals surface area contributed by atoms with E-state index in [2.05, 4.69) is 48.7 Å². The first-order valence-corrected chi connectivity index (χ1v) is 8.79. The van der Waals surface area contributed by atoms with Gasteiger partial charge in [-0.2, -0.15) is 0 Å². The summed E-state index contributed by atoms with van der Waals surface area (Å²) in [7, 11) is 0. The van der Waals surface area contributed by atoms with Crippen LogP contribution in [0.3, 0.4) is 0 Å². The fourth-order valence-electron chi connectivity index (χ4n) is 1.99. The van der Waals surface area contributed by atoms with Crippen molar-refractivity contribution in [3.05, 3.63) is 29.8 Å². The second-order valence-electron chi connectivity index (χ2n) is 5.19. The van der Waals surface area contributed by atoms with Crippen molar-refractivity contribution in [2.75, 3.05) is 13.1 Å². The zero-order valence-electron chi connectivity index (χ0n) is 13.4. The van der Waals surface area contributed by atoms with Gasteiger partial charge in [-0.1, -0.05) is 38.8 Å². The molecule has 1 rings (SSSR count). The first-order chi connectivity index (χ1) is 10.2. The fourth-order valence-corrected chi connectivity index (χ4v) is 2.96. The molecule has 0 saturated carbocycles. The van der Waals surface area contributed by atoms with Gasteiger partial charge in [-0.15, -0.1) is 11.8 Å². The molecule has 4 heteroatoms. The molecule has 0 heterocycles. The maximum absolute atomic E-state index is 12.0. The third-order valence-electron chi connectivity index (χ3n) is 3.24. The third-order valence-corrected chi connectivity index (χ3v) is 4.33. The number of benzene rings is 1. The molecule has 3 nitrogen and oxygen atoms in total. The Morgan fingerprint density at radius 1 is 1.29 bits per heavy atom. The Morgan fingerprint density at radius 2 is 2.10 bits per heavy atom. The summed E-state index contributed by atoms with van der Waals surface area (Å²) in [6, 6.07) is 8.40. The summed E-state index contributed by atoms with van der Waals surface area (Å²) in [5, 5.41) is 6.28. The second-order valence-corrected chi connectivity index (χ2v) is 6.60. The number of nitrogens with one attached hydrogen (secondary N) is 2. The van der Waals surface area contributed by atoms with Crippen LogP contribution in [0.1, 0.15) is 45.6 Å². The molecule has 0 aliphatic carbocycles. The van der Waals surface area contributed by atoms with E-state index in [1.165, 1.54) is 18.4 Å².